The second kappa shape index (κ2) is 6.17. The zero-order chi connectivity index (χ0) is 14.9. The van der Waals surface area contributed by atoms with Gasteiger partial charge in [0.2, 0.25) is 0 Å². The molecule has 1 N–H and O–H groups in total. The molecule has 1 aromatic rings. The molecule has 21 heavy (non-hydrogen) atoms. The number of benzene rings is 1. The molecule has 3 rings (SSSR count). The molecule has 1 heterocycles. The molecule has 1 aliphatic heterocycles. The molecule has 1 aliphatic carbocycles. The zero-order valence-corrected chi connectivity index (χ0v) is 15.4. The molecule has 2 fully saturated rings. The van der Waals surface area contributed by atoms with Crippen molar-refractivity contribution in [2.75, 3.05) is 13.1 Å². The van der Waals surface area contributed by atoms with Crippen molar-refractivity contribution in [3.05, 3.63) is 33.4 Å². The topological polar surface area (TPSA) is 15.3 Å². The van der Waals surface area contributed by atoms with Gasteiger partial charge in [-0.2, -0.15) is 0 Å². The zero-order valence-electron chi connectivity index (χ0n) is 13.3. The lowest BCUT2D eigenvalue weighted by atomic mass is 9.77. The van der Waals surface area contributed by atoms with Gasteiger partial charge in [0.15, 0.2) is 0 Å². The Labute approximate surface area is 142 Å². The van der Waals surface area contributed by atoms with Crippen LogP contribution in [0, 0.1) is 3.57 Å². The van der Waals surface area contributed by atoms with Gasteiger partial charge in [0, 0.05) is 34.3 Å². The van der Waals surface area contributed by atoms with Crippen molar-refractivity contribution < 1.29 is 0 Å². The van der Waals surface area contributed by atoms with E-state index in [0.717, 1.165) is 13.1 Å². The summed E-state index contributed by atoms with van der Waals surface area (Å²) in [6, 6.07) is 9.02. The SMILES string of the molecule is CC1(C)CNC2(CCCCC2)CN1Cc1ccc(I)cc1. The summed E-state index contributed by atoms with van der Waals surface area (Å²) in [6.45, 7) is 8.14. The van der Waals surface area contributed by atoms with E-state index < -0.39 is 0 Å². The molecule has 3 heteroatoms. The van der Waals surface area contributed by atoms with E-state index in [4.69, 9.17) is 0 Å². The summed E-state index contributed by atoms with van der Waals surface area (Å²) >= 11 is 2.38. The summed E-state index contributed by atoms with van der Waals surface area (Å²) in [5, 5.41) is 3.91. The Morgan fingerprint density at radius 2 is 1.76 bits per heavy atom. The van der Waals surface area contributed by atoms with Gasteiger partial charge >= 0.3 is 0 Å². The van der Waals surface area contributed by atoms with Crippen LogP contribution in [-0.2, 0) is 6.54 Å². The van der Waals surface area contributed by atoms with Crippen molar-refractivity contribution in [3.8, 4) is 0 Å². The number of halogens is 1. The highest BCUT2D eigenvalue weighted by atomic mass is 127. The van der Waals surface area contributed by atoms with E-state index in [-0.39, 0.29) is 5.54 Å². The van der Waals surface area contributed by atoms with Gasteiger partial charge in [0.1, 0.15) is 0 Å². The second-order valence-electron chi connectivity index (χ2n) is 7.49. The van der Waals surface area contributed by atoms with Crippen LogP contribution >= 0.6 is 22.6 Å². The molecule has 1 saturated heterocycles. The number of piperazine rings is 1. The van der Waals surface area contributed by atoms with E-state index in [0.29, 0.717) is 5.54 Å². The first-order valence-electron chi connectivity index (χ1n) is 8.24. The van der Waals surface area contributed by atoms with Crippen LogP contribution in [0.15, 0.2) is 24.3 Å². The van der Waals surface area contributed by atoms with E-state index in [1.165, 1.54) is 47.8 Å². The van der Waals surface area contributed by atoms with Crippen molar-refractivity contribution in [2.24, 2.45) is 0 Å². The molecular formula is C18H27IN2. The molecule has 116 valence electrons. The molecule has 2 aliphatic rings. The maximum Gasteiger partial charge on any atom is 0.0309 e. The Kier molecular flexibility index (Phi) is 4.63. The third-order valence-electron chi connectivity index (χ3n) is 5.34. The predicted molar refractivity (Wildman–Crippen MR) is 97.5 cm³/mol. The first-order chi connectivity index (χ1) is 9.99. The molecule has 0 unspecified atom stereocenters. The quantitative estimate of drug-likeness (QED) is 0.753. The average molecular weight is 398 g/mol. The van der Waals surface area contributed by atoms with Crippen molar-refractivity contribution >= 4 is 22.6 Å². The number of nitrogens with zero attached hydrogens (tertiary/aromatic N) is 1. The van der Waals surface area contributed by atoms with Crippen molar-refractivity contribution in [1.82, 2.24) is 10.2 Å². The highest BCUT2D eigenvalue weighted by Gasteiger charge is 2.42. The second-order valence-corrected chi connectivity index (χ2v) is 8.74. The Balaban J connectivity index is 1.75. The lowest BCUT2D eigenvalue weighted by molar-refractivity contribution is 0.00485. The molecule has 0 atom stereocenters. The first-order valence-corrected chi connectivity index (χ1v) is 9.32. The standard InChI is InChI=1S/C18H27IN2/c1-17(2)13-20-18(10-4-3-5-11-18)14-21(17)12-15-6-8-16(19)9-7-15/h6-9,20H,3-5,10-14H2,1-2H3. The van der Waals surface area contributed by atoms with Crippen LogP contribution in [0.2, 0.25) is 0 Å². The Hall–Kier alpha value is -0.130. The minimum absolute atomic E-state index is 0.242. The molecule has 0 amide bonds. The summed E-state index contributed by atoms with van der Waals surface area (Å²) in [5.41, 5.74) is 2.07. The molecule has 1 aromatic carbocycles. The monoisotopic (exact) mass is 398 g/mol. The minimum atomic E-state index is 0.242. The Bertz CT molecular complexity index is 474. The first kappa shape index (κ1) is 15.8. The van der Waals surface area contributed by atoms with Gasteiger partial charge in [-0.05, 0) is 67.0 Å². The van der Waals surface area contributed by atoms with Crippen LogP contribution in [0.4, 0.5) is 0 Å². The molecular weight excluding hydrogens is 371 g/mol. The fourth-order valence-electron chi connectivity index (χ4n) is 3.79. The summed E-state index contributed by atoms with van der Waals surface area (Å²) < 4.78 is 1.32. The Morgan fingerprint density at radius 1 is 1.10 bits per heavy atom. The fourth-order valence-corrected chi connectivity index (χ4v) is 4.15. The highest BCUT2D eigenvalue weighted by molar-refractivity contribution is 14.1. The normalized spacial score (nSPS) is 25.1. The van der Waals surface area contributed by atoms with Gasteiger partial charge in [0.05, 0.1) is 0 Å². The fraction of sp³-hybridized carbons (Fsp3) is 0.667. The van der Waals surface area contributed by atoms with Crippen LogP contribution in [0.1, 0.15) is 51.5 Å². The minimum Gasteiger partial charge on any atom is -0.308 e. The molecule has 1 saturated carbocycles. The van der Waals surface area contributed by atoms with Crippen LogP contribution in [0.5, 0.6) is 0 Å². The van der Waals surface area contributed by atoms with Gasteiger partial charge in [-0.3, -0.25) is 4.90 Å². The third kappa shape index (κ3) is 3.62. The van der Waals surface area contributed by atoms with Crippen molar-refractivity contribution in [1.29, 1.82) is 0 Å². The van der Waals surface area contributed by atoms with Crippen LogP contribution in [0.25, 0.3) is 0 Å². The van der Waals surface area contributed by atoms with Gasteiger partial charge in [-0.25, -0.2) is 0 Å². The van der Waals surface area contributed by atoms with E-state index in [1.54, 1.807) is 0 Å². The van der Waals surface area contributed by atoms with E-state index >= 15 is 0 Å². The number of rotatable bonds is 2. The number of nitrogens with one attached hydrogen (secondary N) is 1. The molecule has 1 spiro atoms. The van der Waals surface area contributed by atoms with E-state index in [1.807, 2.05) is 0 Å². The van der Waals surface area contributed by atoms with Gasteiger partial charge < -0.3 is 5.32 Å². The average Bonchev–Trinajstić information content (AvgIpc) is 2.47. The predicted octanol–water partition coefficient (Wildman–Crippen LogP) is 4.18. The molecule has 0 aromatic heterocycles. The highest BCUT2D eigenvalue weighted by Crippen LogP contribution is 2.35. The van der Waals surface area contributed by atoms with Crippen LogP contribution in [0.3, 0.4) is 0 Å². The largest absolute Gasteiger partial charge is 0.308 e. The molecule has 0 bridgehead atoms. The van der Waals surface area contributed by atoms with E-state index in [2.05, 4.69) is 70.9 Å². The van der Waals surface area contributed by atoms with Gasteiger partial charge in [-0.15, -0.1) is 0 Å². The molecule has 0 radical (unpaired) electrons. The van der Waals surface area contributed by atoms with Crippen LogP contribution < -0.4 is 5.32 Å². The third-order valence-corrected chi connectivity index (χ3v) is 6.06. The smallest absolute Gasteiger partial charge is 0.0309 e. The van der Waals surface area contributed by atoms with Gasteiger partial charge in [-0.1, -0.05) is 31.4 Å². The Morgan fingerprint density at radius 3 is 2.43 bits per heavy atom. The summed E-state index contributed by atoms with van der Waals surface area (Å²) in [4.78, 5) is 2.71. The lowest BCUT2D eigenvalue weighted by Gasteiger charge is -2.53. The summed E-state index contributed by atoms with van der Waals surface area (Å²) in [6.07, 6.45) is 6.91. The maximum absolute atomic E-state index is 3.91. The summed E-state index contributed by atoms with van der Waals surface area (Å²) in [5.74, 6) is 0. The lowest BCUT2D eigenvalue weighted by Crippen LogP contribution is -2.68. The van der Waals surface area contributed by atoms with Crippen LogP contribution in [-0.4, -0.2) is 29.1 Å². The van der Waals surface area contributed by atoms with Crippen molar-refractivity contribution in [2.45, 2.75) is 63.6 Å². The molecule has 2 nitrogen and oxygen atoms in total. The maximum atomic E-state index is 3.91. The number of hydrogen-bond donors (Lipinski definition) is 1. The van der Waals surface area contributed by atoms with Gasteiger partial charge in [0.25, 0.3) is 0 Å². The van der Waals surface area contributed by atoms with E-state index in [9.17, 15) is 0 Å². The van der Waals surface area contributed by atoms with Crippen molar-refractivity contribution in [3.63, 3.8) is 0 Å². The number of hydrogen-bond acceptors (Lipinski definition) is 2. The summed E-state index contributed by atoms with van der Waals surface area (Å²) in [7, 11) is 0.